The Kier molecular flexibility index (Phi) is 2.68. The van der Waals surface area contributed by atoms with E-state index in [9.17, 15) is 9.90 Å². The molecule has 0 aliphatic carbocycles. The minimum absolute atomic E-state index is 0.0546. The maximum atomic E-state index is 12.1. The molecule has 0 spiro atoms. The van der Waals surface area contributed by atoms with Gasteiger partial charge in [-0.15, -0.1) is 0 Å². The molecule has 1 N–H and O–H groups in total. The molecule has 0 saturated carbocycles. The van der Waals surface area contributed by atoms with Crippen LogP contribution in [0.5, 0.6) is 5.75 Å². The van der Waals surface area contributed by atoms with Crippen molar-refractivity contribution in [3.63, 3.8) is 0 Å². The van der Waals surface area contributed by atoms with Gasteiger partial charge in [0.05, 0.1) is 4.91 Å². The van der Waals surface area contributed by atoms with Crippen molar-refractivity contribution in [1.29, 1.82) is 0 Å². The van der Waals surface area contributed by atoms with E-state index in [0.717, 1.165) is 16.0 Å². The molecular formula is C15H10O2S. The second kappa shape index (κ2) is 4.35. The van der Waals surface area contributed by atoms with Gasteiger partial charge in [0.25, 0.3) is 0 Å². The highest BCUT2D eigenvalue weighted by molar-refractivity contribution is 8.04. The summed E-state index contributed by atoms with van der Waals surface area (Å²) in [5.74, 6) is 0.260. The molecule has 0 bridgehead atoms. The van der Waals surface area contributed by atoms with Gasteiger partial charge >= 0.3 is 0 Å². The van der Waals surface area contributed by atoms with Crippen LogP contribution in [-0.4, -0.2) is 10.9 Å². The number of carbonyl (C=O) groups is 1. The first kappa shape index (κ1) is 11.1. The van der Waals surface area contributed by atoms with Crippen molar-refractivity contribution < 1.29 is 9.90 Å². The molecule has 88 valence electrons. The number of rotatable bonds is 1. The van der Waals surface area contributed by atoms with Crippen LogP contribution < -0.4 is 0 Å². The van der Waals surface area contributed by atoms with Crippen LogP contribution in [-0.2, 0) is 0 Å². The third-order valence-corrected chi connectivity index (χ3v) is 3.84. The van der Waals surface area contributed by atoms with Crippen molar-refractivity contribution in [3.8, 4) is 5.75 Å². The van der Waals surface area contributed by atoms with Crippen LogP contribution in [0.4, 0.5) is 0 Å². The average Bonchev–Trinajstić information content (AvgIpc) is 2.67. The van der Waals surface area contributed by atoms with Crippen molar-refractivity contribution >= 4 is 23.6 Å². The lowest BCUT2D eigenvalue weighted by atomic mass is 10.1. The van der Waals surface area contributed by atoms with Gasteiger partial charge in [-0.25, -0.2) is 0 Å². The fourth-order valence-corrected chi connectivity index (χ4v) is 2.95. The molecule has 0 aromatic heterocycles. The number of fused-ring (bicyclic) bond motifs is 1. The third-order valence-electron chi connectivity index (χ3n) is 2.74. The standard InChI is InChI=1S/C15H10O2S/c16-11-5-3-4-10(8-11)9-14-15(17)12-6-1-2-7-13(12)18-14/h1-9,16H/b14-9-. The minimum atomic E-state index is 0.0546. The van der Waals surface area contributed by atoms with Gasteiger partial charge in [-0.2, -0.15) is 0 Å². The first-order chi connectivity index (χ1) is 8.74. The number of allylic oxidation sites excluding steroid dienone is 1. The zero-order valence-corrected chi connectivity index (χ0v) is 10.3. The Hall–Kier alpha value is -2.00. The molecule has 0 atom stereocenters. The number of benzene rings is 2. The van der Waals surface area contributed by atoms with Gasteiger partial charge in [0, 0.05) is 10.5 Å². The van der Waals surface area contributed by atoms with Crippen LogP contribution in [0.3, 0.4) is 0 Å². The Bertz CT molecular complexity index is 659. The molecule has 2 aromatic carbocycles. The number of hydrogen-bond acceptors (Lipinski definition) is 3. The maximum Gasteiger partial charge on any atom is 0.200 e. The quantitative estimate of drug-likeness (QED) is 0.788. The zero-order valence-electron chi connectivity index (χ0n) is 9.46. The first-order valence-electron chi connectivity index (χ1n) is 5.56. The summed E-state index contributed by atoms with van der Waals surface area (Å²) < 4.78 is 0. The third kappa shape index (κ3) is 1.93. The van der Waals surface area contributed by atoms with Crippen LogP contribution in [0.2, 0.25) is 0 Å². The summed E-state index contributed by atoms with van der Waals surface area (Å²) in [6.07, 6.45) is 1.81. The van der Waals surface area contributed by atoms with Crippen LogP contribution in [0, 0.1) is 0 Å². The van der Waals surface area contributed by atoms with Gasteiger partial charge in [0.1, 0.15) is 5.75 Å². The van der Waals surface area contributed by atoms with E-state index in [4.69, 9.17) is 0 Å². The summed E-state index contributed by atoms with van der Waals surface area (Å²) in [7, 11) is 0. The molecule has 1 aliphatic rings. The Morgan fingerprint density at radius 2 is 1.89 bits per heavy atom. The summed E-state index contributed by atoms with van der Waals surface area (Å²) >= 11 is 1.47. The molecule has 3 heteroatoms. The summed E-state index contributed by atoms with van der Waals surface area (Å²) in [6.45, 7) is 0. The number of thioether (sulfide) groups is 1. The summed E-state index contributed by atoms with van der Waals surface area (Å²) in [4.78, 5) is 13.8. The fraction of sp³-hybridized carbons (Fsp3) is 0. The van der Waals surface area contributed by atoms with Gasteiger partial charge < -0.3 is 5.11 Å². The second-order valence-corrected chi connectivity index (χ2v) is 5.11. The van der Waals surface area contributed by atoms with Gasteiger partial charge in [-0.05, 0) is 35.9 Å². The Labute approximate surface area is 109 Å². The molecule has 0 radical (unpaired) electrons. The van der Waals surface area contributed by atoms with E-state index in [1.54, 1.807) is 18.2 Å². The number of phenolic OH excluding ortho intramolecular Hbond substituents is 1. The molecule has 0 unspecified atom stereocenters. The largest absolute Gasteiger partial charge is 0.508 e. The summed E-state index contributed by atoms with van der Waals surface area (Å²) in [5.41, 5.74) is 1.59. The SMILES string of the molecule is O=C1/C(=C/c2cccc(O)c2)Sc2ccccc21. The van der Waals surface area contributed by atoms with E-state index in [0.29, 0.717) is 4.91 Å². The normalized spacial score (nSPS) is 16.0. The Balaban J connectivity index is 1.99. The van der Waals surface area contributed by atoms with Crippen LogP contribution in [0.1, 0.15) is 15.9 Å². The van der Waals surface area contributed by atoms with Crippen LogP contribution in [0.25, 0.3) is 6.08 Å². The average molecular weight is 254 g/mol. The summed E-state index contributed by atoms with van der Waals surface area (Å²) in [5, 5.41) is 9.41. The maximum absolute atomic E-state index is 12.1. The lowest BCUT2D eigenvalue weighted by Gasteiger charge is -1.97. The highest BCUT2D eigenvalue weighted by Gasteiger charge is 2.24. The number of hydrogen-bond donors (Lipinski definition) is 1. The van der Waals surface area contributed by atoms with Gasteiger partial charge in [0.15, 0.2) is 0 Å². The smallest absolute Gasteiger partial charge is 0.200 e. The summed E-state index contributed by atoms with van der Waals surface area (Å²) in [6, 6.07) is 14.5. The van der Waals surface area contributed by atoms with E-state index in [1.165, 1.54) is 11.8 Å². The number of carbonyl (C=O) groups excluding carboxylic acids is 1. The predicted octanol–water partition coefficient (Wildman–Crippen LogP) is 3.72. The highest BCUT2D eigenvalue weighted by Crippen LogP contribution is 2.40. The van der Waals surface area contributed by atoms with E-state index in [2.05, 4.69) is 0 Å². The fourth-order valence-electron chi connectivity index (χ4n) is 1.90. The molecular weight excluding hydrogens is 244 g/mol. The minimum Gasteiger partial charge on any atom is -0.508 e. The van der Waals surface area contributed by atoms with Crippen LogP contribution in [0.15, 0.2) is 58.3 Å². The number of Topliss-reactive ketones (excluding diaryl/α,β-unsaturated/α-hetero) is 1. The molecule has 3 rings (SSSR count). The molecule has 1 heterocycles. The first-order valence-corrected chi connectivity index (χ1v) is 6.38. The van der Waals surface area contributed by atoms with Crippen molar-refractivity contribution in [2.24, 2.45) is 0 Å². The highest BCUT2D eigenvalue weighted by atomic mass is 32.2. The topological polar surface area (TPSA) is 37.3 Å². The number of aromatic hydroxyl groups is 1. The number of ketones is 1. The van der Waals surface area contributed by atoms with E-state index >= 15 is 0 Å². The van der Waals surface area contributed by atoms with Crippen molar-refractivity contribution in [1.82, 2.24) is 0 Å². The monoisotopic (exact) mass is 254 g/mol. The zero-order chi connectivity index (χ0) is 12.5. The van der Waals surface area contributed by atoms with Gasteiger partial charge in [-0.3, -0.25) is 4.79 Å². The van der Waals surface area contributed by atoms with E-state index in [-0.39, 0.29) is 11.5 Å². The van der Waals surface area contributed by atoms with Crippen LogP contribution >= 0.6 is 11.8 Å². The van der Waals surface area contributed by atoms with Crippen molar-refractivity contribution in [3.05, 3.63) is 64.6 Å². The Morgan fingerprint density at radius 3 is 2.67 bits per heavy atom. The lowest BCUT2D eigenvalue weighted by Crippen LogP contribution is -1.93. The molecule has 0 amide bonds. The second-order valence-electron chi connectivity index (χ2n) is 4.03. The molecule has 2 nitrogen and oxygen atoms in total. The van der Waals surface area contributed by atoms with Gasteiger partial charge in [-0.1, -0.05) is 36.0 Å². The number of phenols is 1. The van der Waals surface area contributed by atoms with Gasteiger partial charge in [0.2, 0.25) is 5.78 Å². The molecule has 1 aliphatic heterocycles. The molecule has 2 aromatic rings. The predicted molar refractivity (Wildman–Crippen MR) is 72.7 cm³/mol. The van der Waals surface area contributed by atoms with E-state index in [1.807, 2.05) is 36.4 Å². The molecule has 0 saturated heterocycles. The van der Waals surface area contributed by atoms with E-state index < -0.39 is 0 Å². The molecule has 0 fully saturated rings. The Morgan fingerprint density at radius 1 is 1.06 bits per heavy atom. The van der Waals surface area contributed by atoms with Crippen molar-refractivity contribution in [2.45, 2.75) is 4.90 Å². The van der Waals surface area contributed by atoms with Crippen molar-refractivity contribution in [2.75, 3.05) is 0 Å². The molecule has 18 heavy (non-hydrogen) atoms. The lowest BCUT2D eigenvalue weighted by molar-refractivity contribution is 0.104.